The molecule has 0 aromatic rings. The SMILES string of the molecule is CC(C)OC(=O)N1C=CC[C@@H](B2OC(C)(C)C(C)(C)O2)C1. The van der Waals surface area contributed by atoms with Crippen LogP contribution in [0, 0.1) is 0 Å². The third kappa shape index (κ3) is 3.43. The number of allylic oxidation sites excluding steroid dienone is 1. The third-order valence-electron chi connectivity index (χ3n) is 4.38. The molecule has 1 saturated heterocycles. The molecule has 1 atom stereocenters. The van der Waals surface area contributed by atoms with Gasteiger partial charge in [0.15, 0.2) is 0 Å². The van der Waals surface area contributed by atoms with Crippen LogP contribution < -0.4 is 0 Å². The van der Waals surface area contributed by atoms with Gasteiger partial charge in [-0.2, -0.15) is 0 Å². The summed E-state index contributed by atoms with van der Waals surface area (Å²) >= 11 is 0. The Morgan fingerprint density at radius 3 is 2.38 bits per heavy atom. The first kappa shape index (κ1) is 16.4. The number of carbonyl (C=O) groups is 1. The first-order valence-electron chi connectivity index (χ1n) is 7.62. The lowest BCUT2D eigenvalue weighted by Crippen LogP contribution is -2.41. The van der Waals surface area contributed by atoms with Gasteiger partial charge in [0.05, 0.1) is 17.3 Å². The van der Waals surface area contributed by atoms with Crippen LogP contribution >= 0.6 is 0 Å². The largest absolute Gasteiger partial charge is 0.463 e. The van der Waals surface area contributed by atoms with Gasteiger partial charge in [-0.3, -0.25) is 4.90 Å². The van der Waals surface area contributed by atoms with Crippen LogP contribution in [0.2, 0.25) is 5.82 Å². The molecule has 2 aliphatic rings. The van der Waals surface area contributed by atoms with Gasteiger partial charge in [0.1, 0.15) is 0 Å². The molecule has 5 nitrogen and oxygen atoms in total. The van der Waals surface area contributed by atoms with Crippen molar-refractivity contribution >= 4 is 13.2 Å². The predicted molar refractivity (Wildman–Crippen MR) is 81.9 cm³/mol. The number of carbonyl (C=O) groups excluding carboxylic acids is 1. The predicted octanol–water partition coefficient (Wildman–Crippen LogP) is 3.21. The minimum atomic E-state index is -0.345. The minimum absolute atomic E-state index is 0.121. The monoisotopic (exact) mass is 295 g/mol. The second kappa shape index (κ2) is 5.65. The average Bonchev–Trinajstić information content (AvgIpc) is 2.58. The Balaban J connectivity index is 2.01. The van der Waals surface area contributed by atoms with Crippen molar-refractivity contribution in [1.82, 2.24) is 4.90 Å². The zero-order chi connectivity index (χ0) is 15.8. The number of ether oxygens (including phenoxy) is 1. The minimum Gasteiger partial charge on any atom is -0.446 e. The molecule has 0 aromatic heterocycles. The van der Waals surface area contributed by atoms with Crippen molar-refractivity contribution in [3.63, 3.8) is 0 Å². The summed E-state index contributed by atoms with van der Waals surface area (Å²) in [5, 5.41) is 0. The number of nitrogens with zero attached hydrogens (tertiary/aromatic N) is 1. The molecule has 0 bridgehead atoms. The second-order valence-corrected chi connectivity index (χ2v) is 7.09. The Labute approximate surface area is 127 Å². The molecule has 21 heavy (non-hydrogen) atoms. The lowest BCUT2D eigenvalue weighted by atomic mass is 9.69. The molecule has 0 spiro atoms. The molecule has 0 aliphatic carbocycles. The summed E-state index contributed by atoms with van der Waals surface area (Å²) < 4.78 is 17.4. The van der Waals surface area contributed by atoms with Crippen LogP contribution in [-0.4, -0.2) is 42.0 Å². The van der Waals surface area contributed by atoms with Gasteiger partial charge in [-0.15, -0.1) is 0 Å². The van der Waals surface area contributed by atoms with Crippen LogP contribution in [0.25, 0.3) is 0 Å². The van der Waals surface area contributed by atoms with E-state index in [1.807, 2.05) is 47.6 Å². The van der Waals surface area contributed by atoms with Crippen molar-refractivity contribution in [2.45, 2.75) is 71.1 Å². The summed E-state index contributed by atoms with van der Waals surface area (Å²) in [6.45, 7) is 12.4. The van der Waals surface area contributed by atoms with E-state index < -0.39 is 0 Å². The maximum atomic E-state index is 12.0. The van der Waals surface area contributed by atoms with E-state index in [-0.39, 0.29) is 36.3 Å². The summed E-state index contributed by atoms with van der Waals surface area (Å²) in [5.41, 5.74) is -0.690. The van der Waals surface area contributed by atoms with E-state index in [0.29, 0.717) is 6.54 Å². The highest BCUT2D eigenvalue weighted by Crippen LogP contribution is 2.41. The van der Waals surface area contributed by atoms with Crippen LogP contribution in [0.15, 0.2) is 12.3 Å². The lowest BCUT2D eigenvalue weighted by molar-refractivity contribution is 0.00578. The smallest absolute Gasteiger partial charge is 0.446 e. The number of hydrogen-bond acceptors (Lipinski definition) is 4. The third-order valence-corrected chi connectivity index (χ3v) is 4.38. The molecule has 0 aromatic carbocycles. The maximum Gasteiger partial charge on any atom is 0.463 e. The van der Waals surface area contributed by atoms with Crippen molar-refractivity contribution in [3.05, 3.63) is 12.3 Å². The van der Waals surface area contributed by atoms with Crippen LogP contribution in [0.1, 0.15) is 48.0 Å². The van der Waals surface area contributed by atoms with Gasteiger partial charge in [0.2, 0.25) is 0 Å². The molecule has 2 heterocycles. The van der Waals surface area contributed by atoms with E-state index >= 15 is 0 Å². The summed E-state index contributed by atoms with van der Waals surface area (Å²) in [4.78, 5) is 13.6. The molecule has 1 fully saturated rings. The summed E-state index contributed by atoms with van der Waals surface area (Å²) in [6.07, 6.45) is 4.15. The Hall–Kier alpha value is -1.01. The van der Waals surface area contributed by atoms with Crippen molar-refractivity contribution in [2.24, 2.45) is 0 Å². The number of rotatable bonds is 2. The van der Waals surface area contributed by atoms with Gasteiger partial charge >= 0.3 is 13.2 Å². The van der Waals surface area contributed by atoms with Crippen LogP contribution in [-0.2, 0) is 14.0 Å². The topological polar surface area (TPSA) is 48.0 Å². The number of hydrogen-bond donors (Lipinski definition) is 0. The van der Waals surface area contributed by atoms with E-state index in [1.54, 1.807) is 11.1 Å². The first-order valence-corrected chi connectivity index (χ1v) is 7.62. The fourth-order valence-corrected chi connectivity index (χ4v) is 2.43. The Bertz CT molecular complexity index is 417. The highest BCUT2D eigenvalue weighted by molar-refractivity contribution is 6.47. The van der Waals surface area contributed by atoms with Gasteiger partial charge in [-0.05, 0) is 48.0 Å². The fourth-order valence-electron chi connectivity index (χ4n) is 2.43. The highest BCUT2D eigenvalue weighted by Gasteiger charge is 2.54. The van der Waals surface area contributed by atoms with E-state index in [0.717, 1.165) is 6.42 Å². The van der Waals surface area contributed by atoms with Gasteiger partial charge in [0, 0.05) is 18.6 Å². The van der Waals surface area contributed by atoms with Crippen molar-refractivity contribution in [1.29, 1.82) is 0 Å². The van der Waals surface area contributed by atoms with Gasteiger partial charge in [0.25, 0.3) is 0 Å². The van der Waals surface area contributed by atoms with Crippen LogP contribution in [0.5, 0.6) is 0 Å². The quantitative estimate of drug-likeness (QED) is 0.734. The van der Waals surface area contributed by atoms with Gasteiger partial charge in [-0.25, -0.2) is 4.79 Å². The molecule has 6 heteroatoms. The summed E-state index contributed by atoms with van der Waals surface area (Å²) in [7, 11) is -0.297. The first-order chi connectivity index (χ1) is 9.62. The fraction of sp³-hybridized carbons (Fsp3) is 0.800. The molecule has 118 valence electrons. The molecule has 0 saturated carbocycles. The molecule has 0 unspecified atom stereocenters. The van der Waals surface area contributed by atoms with Crippen molar-refractivity contribution in [3.8, 4) is 0 Å². The lowest BCUT2D eigenvalue weighted by Gasteiger charge is -2.32. The average molecular weight is 295 g/mol. The normalized spacial score (nSPS) is 27.3. The zero-order valence-electron chi connectivity index (χ0n) is 13.9. The maximum absolute atomic E-state index is 12.0. The summed E-state index contributed by atoms with van der Waals surface area (Å²) in [5.74, 6) is 0.121. The van der Waals surface area contributed by atoms with Crippen LogP contribution in [0.4, 0.5) is 4.79 Å². The molecular formula is C15H26BNO4. The standard InChI is InChI=1S/C15H26BNO4/c1-11(2)19-13(18)17-9-7-8-12(10-17)16-20-14(3,4)15(5,6)21-16/h7,9,11-12H,8,10H2,1-6H3/t12-/m1/s1. The molecule has 1 amide bonds. The van der Waals surface area contributed by atoms with Crippen molar-refractivity contribution in [2.75, 3.05) is 6.54 Å². The highest BCUT2D eigenvalue weighted by atomic mass is 16.7. The molecular weight excluding hydrogens is 269 g/mol. The zero-order valence-corrected chi connectivity index (χ0v) is 13.9. The van der Waals surface area contributed by atoms with E-state index in [4.69, 9.17) is 14.0 Å². The molecule has 0 N–H and O–H groups in total. The Morgan fingerprint density at radius 1 is 1.29 bits per heavy atom. The molecule has 2 rings (SSSR count). The van der Waals surface area contributed by atoms with E-state index in [9.17, 15) is 4.79 Å². The number of amides is 1. The van der Waals surface area contributed by atoms with Crippen LogP contribution in [0.3, 0.4) is 0 Å². The van der Waals surface area contributed by atoms with Crippen molar-refractivity contribution < 1.29 is 18.8 Å². The van der Waals surface area contributed by atoms with Gasteiger partial charge < -0.3 is 14.0 Å². The molecule has 2 aliphatic heterocycles. The Morgan fingerprint density at radius 2 is 1.86 bits per heavy atom. The Kier molecular flexibility index (Phi) is 4.40. The van der Waals surface area contributed by atoms with E-state index in [2.05, 4.69) is 0 Å². The summed E-state index contributed by atoms with van der Waals surface area (Å²) in [6, 6.07) is 0. The molecule has 0 radical (unpaired) electrons. The van der Waals surface area contributed by atoms with E-state index in [1.165, 1.54) is 0 Å². The second-order valence-electron chi connectivity index (χ2n) is 7.09. The van der Waals surface area contributed by atoms with Gasteiger partial charge in [-0.1, -0.05) is 6.08 Å².